The second-order valence-electron chi connectivity index (χ2n) is 3.98. The molecule has 0 unspecified atom stereocenters. The highest BCUT2D eigenvalue weighted by molar-refractivity contribution is 7.93. The van der Waals surface area contributed by atoms with Gasteiger partial charge in [-0.15, -0.1) is 11.3 Å². The highest BCUT2D eigenvalue weighted by Crippen LogP contribution is 2.28. The molecule has 8 nitrogen and oxygen atoms in total. The average molecular weight is 329 g/mol. The summed E-state index contributed by atoms with van der Waals surface area (Å²) >= 11 is 0.977. The second-order valence-corrected chi connectivity index (χ2v) is 6.48. The molecule has 0 fully saturated rings. The number of thiophene rings is 1. The molecule has 0 aromatic carbocycles. The highest BCUT2D eigenvalue weighted by atomic mass is 32.2. The summed E-state index contributed by atoms with van der Waals surface area (Å²) in [4.78, 5) is 22.3. The number of carbonyl (C=O) groups is 1. The van der Waals surface area contributed by atoms with Gasteiger partial charge in [-0.3, -0.25) is 9.52 Å². The predicted molar refractivity (Wildman–Crippen MR) is 76.1 cm³/mol. The average Bonchev–Trinajstić information content (AvgIpc) is 2.83. The van der Waals surface area contributed by atoms with Crippen LogP contribution in [0.4, 0.5) is 5.82 Å². The molecule has 10 heteroatoms. The van der Waals surface area contributed by atoms with Crippen LogP contribution in [0.5, 0.6) is 0 Å². The van der Waals surface area contributed by atoms with Gasteiger partial charge in [-0.25, -0.2) is 18.3 Å². The molecule has 2 aromatic heterocycles. The SMILES string of the molecule is COC(=O)c1scc(C)c1S(=O)(=O)Nc1ccc(=O)[nH]n1. The van der Waals surface area contributed by atoms with E-state index in [2.05, 4.69) is 19.7 Å². The van der Waals surface area contributed by atoms with Gasteiger partial charge in [0.15, 0.2) is 5.82 Å². The Kier molecular flexibility index (Phi) is 4.09. The van der Waals surface area contributed by atoms with Gasteiger partial charge < -0.3 is 4.74 Å². The molecule has 21 heavy (non-hydrogen) atoms. The number of carbonyl (C=O) groups excluding carboxylic acids is 1. The lowest BCUT2D eigenvalue weighted by Gasteiger charge is -2.08. The Balaban J connectivity index is 2.45. The number of methoxy groups -OCH3 is 1. The van der Waals surface area contributed by atoms with Gasteiger partial charge in [-0.1, -0.05) is 0 Å². The summed E-state index contributed by atoms with van der Waals surface area (Å²) < 4.78 is 31.5. The fraction of sp³-hybridized carbons (Fsp3) is 0.182. The molecule has 0 radical (unpaired) electrons. The maximum atomic E-state index is 12.4. The zero-order valence-corrected chi connectivity index (χ0v) is 12.7. The molecule has 0 amide bonds. The van der Waals surface area contributed by atoms with E-state index in [0.717, 1.165) is 17.4 Å². The van der Waals surface area contributed by atoms with Crippen molar-refractivity contribution in [1.82, 2.24) is 10.2 Å². The van der Waals surface area contributed by atoms with Crippen molar-refractivity contribution in [2.24, 2.45) is 0 Å². The molecule has 0 aliphatic rings. The van der Waals surface area contributed by atoms with Gasteiger partial charge in [0, 0.05) is 6.07 Å². The van der Waals surface area contributed by atoms with Crippen molar-refractivity contribution in [3.63, 3.8) is 0 Å². The summed E-state index contributed by atoms with van der Waals surface area (Å²) in [6.45, 7) is 1.57. The van der Waals surface area contributed by atoms with Crippen molar-refractivity contribution in [2.45, 2.75) is 11.8 Å². The fourth-order valence-electron chi connectivity index (χ4n) is 1.59. The minimum atomic E-state index is -4.02. The van der Waals surface area contributed by atoms with E-state index in [1.807, 2.05) is 0 Å². The Bertz CT molecular complexity index is 817. The van der Waals surface area contributed by atoms with Gasteiger partial charge in [0.25, 0.3) is 15.6 Å². The molecule has 0 bridgehead atoms. The van der Waals surface area contributed by atoms with Crippen LogP contribution in [-0.4, -0.2) is 31.7 Å². The number of nitrogens with zero attached hydrogens (tertiary/aromatic N) is 1. The minimum absolute atomic E-state index is 0.0214. The Morgan fingerprint density at radius 3 is 2.71 bits per heavy atom. The Morgan fingerprint density at radius 2 is 2.14 bits per heavy atom. The van der Waals surface area contributed by atoms with E-state index in [1.54, 1.807) is 12.3 Å². The molecule has 2 heterocycles. The van der Waals surface area contributed by atoms with E-state index < -0.39 is 21.6 Å². The molecule has 0 spiro atoms. The van der Waals surface area contributed by atoms with Crippen molar-refractivity contribution < 1.29 is 17.9 Å². The maximum absolute atomic E-state index is 12.4. The summed E-state index contributed by atoms with van der Waals surface area (Å²) in [7, 11) is -2.85. The zero-order valence-electron chi connectivity index (χ0n) is 11.0. The lowest BCUT2D eigenvalue weighted by molar-refractivity contribution is 0.0602. The highest BCUT2D eigenvalue weighted by Gasteiger charge is 2.27. The van der Waals surface area contributed by atoms with Crippen molar-refractivity contribution in [1.29, 1.82) is 0 Å². The number of aromatic nitrogens is 2. The van der Waals surface area contributed by atoms with Gasteiger partial charge in [0.05, 0.1) is 7.11 Å². The van der Waals surface area contributed by atoms with E-state index >= 15 is 0 Å². The maximum Gasteiger partial charge on any atom is 0.349 e. The summed E-state index contributed by atoms with van der Waals surface area (Å²) in [6, 6.07) is 2.35. The first-order chi connectivity index (χ1) is 9.85. The number of anilines is 1. The molecule has 112 valence electrons. The molecule has 2 rings (SSSR count). The first kappa shape index (κ1) is 15.2. The van der Waals surface area contributed by atoms with Crippen molar-refractivity contribution in [3.8, 4) is 0 Å². The monoisotopic (exact) mass is 329 g/mol. The van der Waals surface area contributed by atoms with Crippen molar-refractivity contribution in [3.05, 3.63) is 38.3 Å². The van der Waals surface area contributed by atoms with Crippen LogP contribution in [0.25, 0.3) is 0 Å². The third kappa shape index (κ3) is 3.11. The summed E-state index contributed by atoms with van der Waals surface area (Å²) in [5.41, 5.74) is -0.0442. The number of sulfonamides is 1. The smallest absolute Gasteiger partial charge is 0.349 e. The number of ether oxygens (including phenoxy) is 1. The lowest BCUT2D eigenvalue weighted by Crippen LogP contribution is -2.19. The first-order valence-corrected chi connectivity index (χ1v) is 7.96. The van der Waals surface area contributed by atoms with Crippen LogP contribution in [0.1, 0.15) is 15.2 Å². The Labute approximate surface area is 123 Å². The predicted octanol–water partition coefficient (Wildman–Crippen LogP) is 0.727. The van der Waals surface area contributed by atoms with Crippen LogP contribution in [-0.2, 0) is 14.8 Å². The number of esters is 1. The molecule has 2 aromatic rings. The number of nitrogens with one attached hydrogen (secondary N) is 2. The van der Waals surface area contributed by atoms with Gasteiger partial charge in [-0.05, 0) is 23.9 Å². The van der Waals surface area contributed by atoms with Crippen LogP contribution in [0.2, 0.25) is 0 Å². The van der Waals surface area contributed by atoms with E-state index in [4.69, 9.17) is 0 Å². The number of H-pyrrole nitrogens is 1. The summed E-state index contributed by atoms with van der Waals surface area (Å²) in [5.74, 6) is -0.793. The standard InChI is InChI=1S/C11H11N3O5S2/c1-6-5-20-9(11(16)19-2)10(6)21(17,18)14-7-3-4-8(15)13-12-7/h3-5H,1-2H3,(H,12,14)(H,13,15). The third-order valence-corrected chi connectivity index (χ3v) is 5.22. The van der Waals surface area contributed by atoms with Crippen molar-refractivity contribution in [2.75, 3.05) is 11.8 Å². The van der Waals surface area contributed by atoms with E-state index in [1.165, 1.54) is 13.2 Å². The van der Waals surface area contributed by atoms with Crippen LogP contribution < -0.4 is 10.3 Å². The summed E-state index contributed by atoms with van der Waals surface area (Å²) in [5, 5.41) is 7.21. The minimum Gasteiger partial charge on any atom is -0.465 e. The topological polar surface area (TPSA) is 118 Å². The van der Waals surface area contributed by atoms with E-state index in [9.17, 15) is 18.0 Å². The number of hydrogen-bond donors (Lipinski definition) is 2. The van der Waals surface area contributed by atoms with Crippen LogP contribution in [0, 0.1) is 6.92 Å². The van der Waals surface area contributed by atoms with Crippen molar-refractivity contribution >= 4 is 33.1 Å². The van der Waals surface area contributed by atoms with Crippen LogP contribution in [0.3, 0.4) is 0 Å². The van der Waals surface area contributed by atoms with E-state index in [-0.39, 0.29) is 15.6 Å². The number of aromatic amines is 1. The normalized spacial score (nSPS) is 11.1. The molecule has 0 aliphatic carbocycles. The fourth-order valence-corrected chi connectivity index (χ4v) is 4.30. The Hall–Kier alpha value is -2.20. The molecule has 2 N–H and O–H groups in total. The number of rotatable bonds is 4. The molecule has 0 saturated heterocycles. The lowest BCUT2D eigenvalue weighted by atomic mass is 10.3. The Morgan fingerprint density at radius 1 is 1.43 bits per heavy atom. The van der Waals surface area contributed by atoms with Gasteiger partial charge in [0.1, 0.15) is 9.77 Å². The first-order valence-electron chi connectivity index (χ1n) is 5.60. The molecule has 0 atom stereocenters. The summed E-state index contributed by atoms with van der Waals surface area (Å²) in [6.07, 6.45) is 0. The largest absolute Gasteiger partial charge is 0.465 e. The van der Waals surface area contributed by atoms with E-state index in [0.29, 0.717) is 5.56 Å². The quantitative estimate of drug-likeness (QED) is 0.798. The number of aryl methyl sites for hydroxylation is 1. The molecule has 0 aliphatic heterocycles. The molecule has 0 saturated carbocycles. The van der Waals surface area contributed by atoms with Crippen LogP contribution >= 0.6 is 11.3 Å². The number of hydrogen-bond acceptors (Lipinski definition) is 7. The molecular formula is C11H11N3O5S2. The van der Waals surface area contributed by atoms with Gasteiger partial charge in [0.2, 0.25) is 0 Å². The third-order valence-electron chi connectivity index (χ3n) is 2.48. The zero-order chi connectivity index (χ0) is 15.6. The second kappa shape index (κ2) is 5.66. The van der Waals surface area contributed by atoms with Gasteiger partial charge >= 0.3 is 5.97 Å². The molecular weight excluding hydrogens is 318 g/mol. The van der Waals surface area contributed by atoms with Crippen LogP contribution in [0.15, 0.2) is 27.2 Å². The van der Waals surface area contributed by atoms with Gasteiger partial charge in [-0.2, -0.15) is 5.10 Å².